The summed E-state index contributed by atoms with van der Waals surface area (Å²) in [6, 6.07) is 7.10. The minimum absolute atomic E-state index is 0.214. The van der Waals surface area contributed by atoms with Crippen LogP contribution < -0.4 is 0 Å². The van der Waals surface area contributed by atoms with Crippen LogP contribution in [0.2, 0.25) is 0 Å². The van der Waals surface area contributed by atoms with Gasteiger partial charge in [0.1, 0.15) is 11.9 Å². The number of carbonyl (C=O) groups excluding carboxylic acids is 2. The van der Waals surface area contributed by atoms with Crippen LogP contribution in [-0.4, -0.2) is 32.7 Å². The summed E-state index contributed by atoms with van der Waals surface area (Å²) in [5.74, 6) is -0.342. The number of fused-ring (bicyclic) bond motifs is 2. The van der Waals surface area contributed by atoms with Gasteiger partial charge in [-0.1, -0.05) is 42.8 Å². The summed E-state index contributed by atoms with van der Waals surface area (Å²) in [7, 11) is 0. The van der Waals surface area contributed by atoms with E-state index in [1.54, 1.807) is 16.8 Å². The first-order valence-corrected chi connectivity index (χ1v) is 8.14. The Morgan fingerprint density at radius 1 is 1.21 bits per heavy atom. The third kappa shape index (κ3) is 2.35. The molecule has 2 aromatic rings. The second-order valence-corrected chi connectivity index (χ2v) is 6.14. The van der Waals surface area contributed by atoms with E-state index in [1.807, 2.05) is 18.3 Å². The van der Waals surface area contributed by atoms with Crippen LogP contribution in [0, 0.1) is 0 Å². The van der Waals surface area contributed by atoms with Crippen LogP contribution in [-0.2, 0) is 22.5 Å². The zero-order chi connectivity index (χ0) is 16.7. The Kier molecular flexibility index (Phi) is 3.52. The van der Waals surface area contributed by atoms with Crippen molar-refractivity contribution in [1.29, 1.82) is 0 Å². The lowest BCUT2D eigenvalue weighted by Crippen LogP contribution is -2.22. The second kappa shape index (κ2) is 5.70. The van der Waals surface area contributed by atoms with Crippen molar-refractivity contribution in [2.75, 3.05) is 0 Å². The molecule has 4 rings (SSSR count). The molecule has 0 bridgehead atoms. The predicted octanol–water partition coefficient (Wildman–Crippen LogP) is 2.20. The average Bonchev–Trinajstić information content (AvgIpc) is 3.21. The van der Waals surface area contributed by atoms with Crippen LogP contribution in [0.1, 0.15) is 41.4 Å². The van der Waals surface area contributed by atoms with Crippen molar-refractivity contribution in [2.45, 2.75) is 38.8 Å². The molecule has 1 unspecified atom stereocenters. The molecule has 1 aromatic carbocycles. The van der Waals surface area contributed by atoms with E-state index >= 15 is 0 Å². The fraction of sp³-hybridized carbons (Fsp3) is 0.333. The van der Waals surface area contributed by atoms with Gasteiger partial charge in [0.2, 0.25) is 11.6 Å². The van der Waals surface area contributed by atoms with Gasteiger partial charge < -0.3 is 4.74 Å². The van der Waals surface area contributed by atoms with Gasteiger partial charge in [-0.25, -0.2) is 4.68 Å². The molecule has 1 aliphatic heterocycles. The largest absolute Gasteiger partial charge is 0.487 e. The number of Topliss-reactive ketones (excluding diaryl/α,β-unsaturated/α-hetero) is 2. The number of hydrogen-bond acceptors (Lipinski definition) is 5. The Balaban J connectivity index is 1.57. The van der Waals surface area contributed by atoms with Gasteiger partial charge in [0.15, 0.2) is 0 Å². The summed E-state index contributed by atoms with van der Waals surface area (Å²) in [4.78, 5) is 24.6. The van der Waals surface area contributed by atoms with Crippen molar-refractivity contribution in [3.05, 3.63) is 52.9 Å². The van der Waals surface area contributed by atoms with Gasteiger partial charge in [0.25, 0.3) is 0 Å². The Labute approximate surface area is 139 Å². The van der Waals surface area contributed by atoms with E-state index in [2.05, 4.69) is 17.2 Å². The Morgan fingerprint density at radius 3 is 2.79 bits per heavy atom. The van der Waals surface area contributed by atoms with Crippen LogP contribution in [0.4, 0.5) is 0 Å². The Bertz CT molecular complexity index is 866. The number of ether oxygens (including phenoxy) is 1. The molecule has 0 radical (unpaired) electrons. The van der Waals surface area contributed by atoms with E-state index in [0.717, 1.165) is 18.5 Å². The SMILES string of the molecule is CCCc1cn(CC2CC3=C(O2)c2ccccc2C(=O)C3=O)nn1. The van der Waals surface area contributed by atoms with Gasteiger partial charge >= 0.3 is 0 Å². The van der Waals surface area contributed by atoms with E-state index in [0.29, 0.717) is 35.4 Å². The number of carbonyl (C=O) groups is 2. The number of rotatable bonds is 4. The summed E-state index contributed by atoms with van der Waals surface area (Å²) in [6.45, 7) is 2.60. The minimum Gasteiger partial charge on any atom is -0.487 e. The molecule has 0 N–H and O–H groups in total. The highest BCUT2D eigenvalue weighted by atomic mass is 16.5. The fourth-order valence-corrected chi connectivity index (χ4v) is 3.27. The maximum Gasteiger partial charge on any atom is 0.234 e. The molecule has 0 amide bonds. The van der Waals surface area contributed by atoms with E-state index in [1.165, 1.54) is 0 Å². The van der Waals surface area contributed by atoms with Crippen LogP contribution in [0.5, 0.6) is 0 Å². The van der Waals surface area contributed by atoms with Crippen molar-refractivity contribution < 1.29 is 14.3 Å². The first-order chi connectivity index (χ1) is 11.7. The average molecular weight is 323 g/mol. The lowest BCUT2D eigenvalue weighted by Gasteiger charge is -2.16. The molecular formula is C18H17N3O3. The van der Waals surface area contributed by atoms with Gasteiger partial charge in [0.05, 0.1) is 17.8 Å². The summed E-state index contributed by atoms with van der Waals surface area (Å²) in [5.41, 5.74) is 2.57. The van der Waals surface area contributed by atoms with Crippen LogP contribution in [0.3, 0.4) is 0 Å². The zero-order valence-corrected chi connectivity index (χ0v) is 13.4. The molecule has 1 atom stereocenters. The van der Waals surface area contributed by atoms with Crippen molar-refractivity contribution >= 4 is 17.3 Å². The lowest BCUT2D eigenvalue weighted by atomic mass is 9.88. The number of aryl methyl sites for hydroxylation is 1. The first-order valence-electron chi connectivity index (χ1n) is 8.14. The molecule has 122 valence electrons. The molecule has 0 saturated heterocycles. The summed E-state index contributed by atoms with van der Waals surface area (Å²) in [6.07, 6.45) is 4.03. The van der Waals surface area contributed by atoms with Gasteiger partial charge in [-0.2, -0.15) is 0 Å². The topological polar surface area (TPSA) is 74.1 Å². The Hall–Kier alpha value is -2.76. The van der Waals surface area contributed by atoms with Gasteiger partial charge in [-0.3, -0.25) is 9.59 Å². The summed E-state index contributed by atoms with van der Waals surface area (Å²) >= 11 is 0. The molecule has 2 heterocycles. The number of benzene rings is 1. The predicted molar refractivity (Wildman–Crippen MR) is 86.2 cm³/mol. The fourth-order valence-electron chi connectivity index (χ4n) is 3.27. The van der Waals surface area contributed by atoms with Crippen LogP contribution in [0.25, 0.3) is 5.76 Å². The van der Waals surface area contributed by atoms with Crippen molar-refractivity contribution in [1.82, 2.24) is 15.0 Å². The minimum atomic E-state index is -0.448. The quantitative estimate of drug-likeness (QED) is 0.806. The standard InChI is InChI=1S/C18H17N3O3/c1-2-5-11-9-21(20-19-11)10-12-8-15-17(23)16(22)13-6-3-4-7-14(13)18(15)24-12/h3-4,6-7,9,12H,2,5,8,10H2,1H3. The monoisotopic (exact) mass is 323 g/mol. The molecule has 0 saturated carbocycles. The molecule has 24 heavy (non-hydrogen) atoms. The van der Waals surface area contributed by atoms with Gasteiger partial charge in [-0.15, -0.1) is 5.10 Å². The van der Waals surface area contributed by atoms with Crippen LogP contribution >= 0.6 is 0 Å². The number of hydrogen-bond donors (Lipinski definition) is 0. The van der Waals surface area contributed by atoms with E-state index < -0.39 is 11.6 Å². The smallest absolute Gasteiger partial charge is 0.234 e. The summed E-state index contributed by atoms with van der Waals surface area (Å²) < 4.78 is 7.74. The van der Waals surface area contributed by atoms with Crippen molar-refractivity contribution in [2.24, 2.45) is 0 Å². The molecule has 6 nitrogen and oxygen atoms in total. The highest BCUT2D eigenvalue weighted by Gasteiger charge is 2.39. The maximum atomic E-state index is 12.3. The number of nitrogens with zero attached hydrogens (tertiary/aromatic N) is 3. The maximum absolute atomic E-state index is 12.3. The van der Waals surface area contributed by atoms with E-state index in [4.69, 9.17) is 4.74 Å². The number of aromatic nitrogens is 3. The van der Waals surface area contributed by atoms with Gasteiger partial charge in [-0.05, 0) is 6.42 Å². The summed E-state index contributed by atoms with van der Waals surface area (Å²) in [5, 5.41) is 8.23. The highest BCUT2D eigenvalue weighted by Crippen LogP contribution is 2.39. The molecule has 1 aliphatic carbocycles. The molecule has 1 aromatic heterocycles. The molecule has 6 heteroatoms. The highest BCUT2D eigenvalue weighted by molar-refractivity contribution is 6.52. The van der Waals surface area contributed by atoms with E-state index in [9.17, 15) is 9.59 Å². The van der Waals surface area contributed by atoms with Crippen molar-refractivity contribution in [3.8, 4) is 0 Å². The number of ketones is 2. The second-order valence-electron chi connectivity index (χ2n) is 6.14. The first kappa shape index (κ1) is 14.8. The zero-order valence-electron chi connectivity index (χ0n) is 13.4. The third-order valence-corrected chi connectivity index (χ3v) is 4.37. The normalized spacial score (nSPS) is 19.3. The third-order valence-electron chi connectivity index (χ3n) is 4.37. The van der Waals surface area contributed by atoms with Crippen LogP contribution in [0.15, 0.2) is 36.0 Å². The Morgan fingerprint density at radius 2 is 2.00 bits per heavy atom. The molecular weight excluding hydrogens is 306 g/mol. The van der Waals surface area contributed by atoms with Crippen molar-refractivity contribution in [3.63, 3.8) is 0 Å². The lowest BCUT2D eigenvalue weighted by molar-refractivity contribution is -0.112. The van der Waals surface area contributed by atoms with E-state index in [-0.39, 0.29) is 6.10 Å². The van der Waals surface area contributed by atoms with Gasteiger partial charge in [0, 0.05) is 23.7 Å². The molecule has 0 spiro atoms. The molecule has 2 aliphatic rings. The molecule has 0 fully saturated rings.